The first-order chi connectivity index (χ1) is 16.4. The summed E-state index contributed by atoms with van der Waals surface area (Å²) in [4.78, 5) is 27.2. The lowest BCUT2D eigenvalue weighted by Crippen LogP contribution is -1.93. The van der Waals surface area contributed by atoms with Crippen molar-refractivity contribution in [3.05, 3.63) is 105 Å². The zero-order valence-electron chi connectivity index (χ0n) is 17.5. The molecule has 0 spiro atoms. The number of anilines is 1. The highest BCUT2D eigenvalue weighted by molar-refractivity contribution is 7.19. The molecule has 1 aromatic heterocycles. The van der Waals surface area contributed by atoms with Crippen LogP contribution >= 0.6 is 22.9 Å². The summed E-state index contributed by atoms with van der Waals surface area (Å²) in [5.74, 6) is -0.244. The molecule has 34 heavy (non-hydrogen) atoms. The molecule has 0 saturated heterocycles. The van der Waals surface area contributed by atoms with Crippen molar-refractivity contribution in [1.29, 1.82) is 0 Å². The standard InChI is InChI=1S/C24H16ClN5O3S/c25-20-7-2-1-6-19(20)22-23(34-24(26)27-22)29-28-17-11-9-16(10-12-17)21(31)13-8-15-4-3-5-18(14-15)30(32)33/h1-14H,(H2,26,27)/b13-8+,29-28?. The van der Waals surface area contributed by atoms with Gasteiger partial charge in [-0.05, 0) is 42.0 Å². The Morgan fingerprint density at radius 1 is 1.06 bits per heavy atom. The quantitative estimate of drug-likeness (QED) is 0.0960. The van der Waals surface area contributed by atoms with Crippen LogP contribution < -0.4 is 5.73 Å². The minimum absolute atomic E-state index is 0.0373. The first-order valence-corrected chi connectivity index (χ1v) is 11.1. The van der Waals surface area contributed by atoms with Crippen LogP contribution in [0.4, 0.5) is 21.5 Å². The second-order valence-electron chi connectivity index (χ2n) is 6.98. The maximum absolute atomic E-state index is 12.5. The fourth-order valence-electron chi connectivity index (χ4n) is 3.03. The molecule has 0 fully saturated rings. The third-order valence-electron chi connectivity index (χ3n) is 4.67. The van der Waals surface area contributed by atoms with E-state index in [9.17, 15) is 14.9 Å². The van der Waals surface area contributed by atoms with Crippen LogP contribution in [0.2, 0.25) is 5.02 Å². The van der Waals surface area contributed by atoms with Gasteiger partial charge in [-0.1, -0.05) is 59.3 Å². The minimum Gasteiger partial charge on any atom is -0.375 e. The summed E-state index contributed by atoms with van der Waals surface area (Å²) in [6.45, 7) is 0. The van der Waals surface area contributed by atoms with Gasteiger partial charge in [-0.15, -0.1) is 10.2 Å². The average Bonchev–Trinajstić information content (AvgIpc) is 3.22. The number of azo groups is 1. The lowest BCUT2D eigenvalue weighted by Gasteiger charge is -2.01. The van der Waals surface area contributed by atoms with Crippen LogP contribution in [-0.2, 0) is 0 Å². The summed E-state index contributed by atoms with van der Waals surface area (Å²) in [6, 6.07) is 19.9. The fraction of sp³-hybridized carbons (Fsp3) is 0. The average molecular weight is 490 g/mol. The number of nitrogens with zero attached hydrogens (tertiary/aromatic N) is 4. The monoisotopic (exact) mass is 489 g/mol. The van der Waals surface area contributed by atoms with E-state index in [-0.39, 0.29) is 11.5 Å². The number of nitrogens with two attached hydrogens (primary N) is 1. The van der Waals surface area contributed by atoms with Crippen molar-refractivity contribution in [2.75, 3.05) is 5.73 Å². The van der Waals surface area contributed by atoms with E-state index in [0.717, 1.165) is 0 Å². The van der Waals surface area contributed by atoms with Crippen LogP contribution in [0.15, 0.2) is 89.1 Å². The highest BCUT2D eigenvalue weighted by Crippen LogP contribution is 2.40. The van der Waals surface area contributed by atoms with Crippen molar-refractivity contribution in [1.82, 2.24) is 4.98 Å². The number of allylic oxidation sites excluding steroid dienone is 1. The number of carbonyl (C=O) groups excluding carboxylic acids is 1. The van der Waals surface area contributed by atoms with E-state index in [0.29, 0.717) is 43.2 Å². The fourth-order valence-corrected chi connectivity index (χ4v) is 3.92. The van der Waals surface area contributed by atoms with Crippen molar-refractivity contribution in [2.45, 2.75) is 0 Å². The van der Waals surface area contributed by atoms with Gasteiger partial charge in [0.15, 0.2) is 15.9 Å². The molecule has 168 valence electrons. The van der Waals surface area contributed by atoms with Crippen LogP contribution in [-0.4, -0.2) is 15.7 Å². The molecule has 0 amide bonds. The van der Waals surface area contributed by atoms with Gasteiger partial charge in [0.05, 0.1) is 15.6 Å². The molecule has 0 unspecified atom stereocenters. The number of nitro groups is 1. The van der Waals surface area contributed by atoms with Gasteiger partial charge in [0.2, 0.25) is 0 Å². The third-order valence-corrected chi connectivity index (χ3v) is 5.77. The zero-order valence-corrected chi connectivity index (χ0v) is 19.0. The van der Waals surface area contributed by atoms with Crippen LogP contribution in [0.1, 0.15) is 15.9 Å². The number of non-ortho nitro benzene ring substituents is 1. The second kappa shape index (κ2) is 10.2. The lowest BCUT2D eigenvalue weighted by molar-refractivity contribution is -0.384. The first kappa shape index (κ1) is 23.0. The molecule has 0 aliphatic rings. The van der Waals surface area contributed by atoms with E-state index in [4.69, 9.17) is 17.3 Å². The van der Waals surface area contributed by atoms with Crippen LogP contribution in [0.3, 0.4) is 0 Å². The van der Waals surface area contributed by atoms with E-state index in [1.54, 1.807) is 42.5 Å². The predicted octanol–water partition coefficient (Wildman–Crippen LogP) is 7.27. The van der Waals surface area contributed by atoms with Crippen LogP contribution in [0.25, 0.3) is 17.3 Å². The van der Waals surface area contributed by atoms with Crippen molar-refractivity contribution in [3.63, 3.8) is 0 Å². The Bertz CT molecular complexity index is 1430. The van der Waals surface area contributed by atoms with Crippen molar-refractivity contribution in [3.8, 4) is 11.3 Å². The van der Waals surface area contributed by atoms with E-state index in [1.807, 2.05) is 18.2 Å². The smallest absolute Gasteiger partial charge is 0.270 e. The van der Waals surface area contributed by atoms with Gasteiger partial charge in [0, 0.05) is 23.3 Å². The van der Waals surface area contributed by atoms with Crippen LogP contribution in [0.5, 0.6) is 0 Å². The number of nitrogen functional groups attached to an aromatic ring is 1. The van der Waals surface area contributed by atoms with Crippen molar-refractivity contribution >= 4 is 56.3 Å². The van der Waals surface area contributed by atoms with E-state index in [1.165, 1.54) is 35.6 Å². The minimum atomic E-state index is -0.482. The first-order valence-electron chi connectivity index (χ1n) is 9.90. The number of rotatable bonds is 7. The summed E-state index contributed by atoms with van der Waals surface area (Å²) in [7, 11) is 0. The molecule has 0 saturated carbocycles. The van der Waals surface area contributed by atoms with E-state index in [2.05, 4.69) is 15.2 Å². The molecule has 0 aliphatic heterocycles. The molecule has 0 atom stereocenters. The molecule has 4 aromatic rings. The van der Waals surface area contributed by atoms with Gasteiger partial charge < -0.3 is 5.73 Å². The van der Waals surface area contributed by atoms with E-state index >= 15 is 0 Å². The Hall–Kier alpha value is -4.21. The zero-order chi connectivity index (χ0) is 24.1. The number of nitro benzene ring substituents is 1. The maximum atomic E-state index is 12.5. The predicted molar refractivity (Wildman–Crippen MR) is 134 cm³/mol. The highest BCUT2D eigenvalue weighted by Gasteiger charge is 2.14. The summed E-state index contributed by atoms with van der Waals surface area (Å²) in [5, 5.41) is 20.8. The van der Waals surface area contributed by atoms with Crippen LogP contribution in [0, 0.1) is 10.1 Å². The number of ketones is 1. The molecule has 2 N–H and O–H groups in total. The Labute approximate surface area is 203 Å². The summed E-state index contributed by atoms with van der Waals surface area (Å²) in [6.07, 6.45) is 2.90. The van der Waals surface area contributed by atoms with Crippen molar-refractivity contribution < 1.29 is 9.72 Å². The van der Waals surface area contributed by atoms with Crippen molar-refractivity contribution in [2.24, 2.45) is 10.2 Å². The number of carbonyl (C=O) groups is 1. The molecular formula is C24H16ClN5O3S. The van der Waals surface area contributed by atoms with Gasteiger partial charge in [0.1, 0.15) is 5.69 Å². The topological polar surface area (TPSA) is 124 Å². The third kappa shape index (κ3) is 5.40. The highest BCUT2D eigenvalue weighted by atomic mass is 35.5. The number of hydrogen-bond donors (Lipinski definition) is 1. The Morgan fingerprint density at radius 3 is 2.56 bits per heavy atom. The number of thiazole rings is 1. The van der Waals surface area contributed by atoms with Gasteiger partial charge >= 0.3 is 0 Å². The summed E-state index contributed by atoms with van der Waals surface area (Å²) >= 11 is 7.47. The normalized spacial score (nSPS) is 11.3. The Morgan fingerprint density at radius 2 is 1.82 bits per heavy atom. The van der Waals surface area contributed by atoms with E-state index < -0.39 is 4.92 Å². The number of benzene rings is 3. The largest absolute Gasteiger partial charge is 0.375 e. The number of aromatic nitrogens is 1. The molecule has 0 bridgehead atoms. The molecule has 10 heteroatoms. The molecule has 1 heterocycles. The van der Waals surface area contributed by atoms with Gasteiger partial charge in [-0.3, -0.25) is 14.9 Å². The molecule has 0 radical (unpaired) electrons. The Balaban J connectivity index is 1.49. The second-order valence-corrected chi connectivity index (χ2v) is 8.40. The summed E-state index contributed by atoms with van der Waals surface area (Å²) in [5.41, 5.74) is 8.64. The molecule has 0 aliphatic carbocycles. The molecule has 3 aromatic carbocycles. The number of hydrogen-bond acceptors (Lipinski definition) is 8. The molecule has 4 rings (SSSR count). The number of halogens is 1. The molecule has 8 nitrogen and oxygen atoms in total. The lowest BCUT2D eigenvalue weighted by atomic mass is 10.1. The Kier molecular flexibility index (Phi) is 6.86. The van der Waals surface area contributed by atoms with Gasteiger partial charge in [-0.25, -0.2) is 4.98 Å². The molecular weight excluding hydrogens is 474 g/mol. The SMILES string of the molecule is Nc1nc(-c2ccccc2Cl)c(N=Nc2ccc(C(=O)/C=C/c3cccc([N+](=O)[O-])c3)cc2)s1. The summed E-state index contributed by atoms with van der Waals surface area (Å²) < 4.78 is 0. The van der Waals surface area contributed by atoms with Gasteiger partial charge in [-0.2, -0.15) is 0 Å². The van der Waals surface area contributed by atoms with Gasteiger partial charge in [0.25, 0.3) is 5.69 Å². The maximum Gasteiger partial charge on any atom is 0.270 e.